The third-order valence-corrected chi connectivity index (χ3v) is 3.15. The second-order valence-corrected chi connectivity index (χ2v) is 4.49. The van der Waals surface area contributed by atoms with E-state index in [1.165, 1.54) is 16.7 Å². The molecule has 0 aromatic heterocycles. The maximum absolute atomic E-state index is 4.06. The molecule has 2 aromatic rings. The van der Waals surface area contributed by atoms with Crippen LogP contribution in [0.3, 0.4) is 0 Å². The van der Waals surface area contributed by atoms with E-state index in [1.807, 2.05) is 19.1 Å². The van der Waals surface area contributed by atoms with E-state index in [-0.39, 0.29) is 5.92 Å². The predicted octanol–water partition coefficient (Wildman–Crippen LogP) is 5.04. The molecule has 0 nitrogen and oxygen atoms in total. The third kappa shape index (κ3) is 2.43. The van der Waals surface area contributed by atoms with Gasteiger partial charge in [0.05, 0.1) is 0 Å². The molecule has 0 aliphatic heterocycles. The monoisotopic (exact) mass is 234 g/mol. The van der Waals surface area contributed by atoms with Gasteiger partial charge in [-0.05, 0) is 23.6 Å². The number of hydrogen-bond donors (Lipinski definition) is 0. The Hall–Kier alpha value is -2.08. The van der Waals surface area contributed by atoms with Gasteiger partial charge < -0.3 is 0 Å². The van der Waals surface area contributed by atoms with E-state index in [1.54, 1.807) is 0 Å². The molecule has 0 aliphatic rings. The topological polar surface area (TPSA) is 0 Å². The Balaban J connectivity index is 2.52. The van der Waals surface area contributed by atoms with E-state index in [0.717, 1.165) is 5.57 Å². The summed E-state index contributed by atoms with van der Waals surface area (Å²) >= 11 is 0. The van der Waals surface area contributed by atoms with Gasteiger partial charge >= 0.3 is 0 Å². The molecule has 0 spiro atoms. The molecule has 0 N–H and O–H groups in total. The van der Waals surface area contributed by atoms with Crippen molar-refractivity contribution < 1.29 is 0 Å². The fraction of sp³-hybridized carbons (Fsp3) is 0.111. The van der Waals surface area contributed by atoms with E-state index in [0.29, 0.717) is 0 Å². The van der Waals surface area contributed by atoms with Crippen LogP contribution in [0, 0.1) is 0 Å². The van der Waals surface area contributed by atoms with Gasteiger partial charge in [-0.3, -0.25) is 0 Å². The summed E-state index contributed by atoms with van der Waals surface area (Å²) in [7, 11) is 0. The van der Waals surface area contributed by atoms with E-state index < -0.39 is 0 Å². The molecule has 0 radical (unpaired) electrons. The van der Waals surface area contributed by atoms with Crippen molar-refractivity contribution in [3.63, 3.8) is 0 Å². The van der Waals surface area contributed by atoms with Crippen LogP contribution in [0.2, 0.25) is 0 Å². The Bertz CT molecular complexity index is 549. The number of rotatable bonds is 4. The minimum atomic E-state index is 0.221. The molecule has 1 unspecified atom stereocenters. The van der Waals surface area contributed by atoms with Gasteiger partial charge in [0.25, 0.3) is 0 Å². The number of hydrogen-bond acceptors (Lipinski definition) is 0. The molecule has 0 saturated carbocycles. The van der Waals surface area contributed by atoms with E-state index >= 15 is 0 Å². The van der Waals surface area contributed by atoms with Crippen LogP contribution < -0.4 is 0 Å². The Kier molecular flexibility index (Phi) is 3.78. The summed E-state index contributed by atoms with van der Waals surface area (Å²) in [6, 6.07) is 18.8. The van der Waals surface area contributed by atoms with Crippen molar-refractivity contribution >= 4 is 5.57 Å². The Morgan fingerprint density at radius 1 is 1.00 bits per heavy atom. The smallest absolute Gasteiger partial charge is 0.0273 e. The van der Waals surface area contributed by atoms with Crippen LogP contribution >= 0.6 is 0 Å². The minimum absolute atomic E-state index is 0.221. The third-order valence-electron chi connectivity index (χ3n) is 3.15. The van der Waals surface area contributed by atoms with Gasteiger partial charge in [-0.1, -0.05) is 72.8 Å². The fourth-order valence-electron chi connectivity index (χ4n) is 2.26. The molecular formula is C18H18. The average Bonchev–Trinajstić information content (AvgIpc) is 2.41. The first-order chi connectivity index (χ1) is 8.74. The van der Waals surface area contributed by atoms with Crippen molar-refractivity contribution in [1.82, 2.24) is 0 Å². The molecule has 0 fully saturated rings. The first-order valence-electron chi connectivity index (χ1n) is 6.16. The van der Waals surface area contributed by atoms with E-state index in [2.05, 4.69) is 61.7 Å². The second kappa shape index (κ2) is 5.50. The lowest BCUT2D eigenvalue weighted by Crippen LogP contribution is -2.00. The quantitative estimate of drug-likeness (QED) is 0.650. The molecule has 18 heavy (non-hydrogen) atoms. The lowest BCUT2D eigenvalue weighted by Gasteiger charge is -2.17. The highest BCUT2D eigenvalue weighted by atomic mass is 14.2. The Labute approximate surface area is 109 Å². The summed E-state index contributed by atoms with van der Waals surface area (Å²) in [5.41, 5.74) is 4.84. The van der Waals surface area contributed by atoms with Crippen LogP contribution in [-0.2, 0) is 0 Å². The van der Waals surface area contributed by atoms with Gasteiger partial charge in [-0.15, -0.1) is 6.58 Å². The largest absolute Gasteiger partial charge is 0.102 e. The van der Waals surface area contributed by atoms with Crippen LogP contribution in [0.1, 0.15) is 29.5 Å². The molecule has 0 saturated heterocycles. The summed E-state index contributed by atoms with van der Waals surface area (Å²) in [6.45, 7) is 10.1. The van der Waals surface area contributed by atoms with Crippen LogP contribution in [0.15, 0.2) is 73.8 Å². The maximum atomic E-state index is 4.06. The zero-order valence-electron chi connectivity index (χ0n) is 10.8. The molecule has 0 heteroatoms. The molecule has 0 aliphatic carbocycles. The lowest BCUT2D eigenvalue weighted by molar-refractivity contribution is 1.02. The van der Waals surface area contributed by atoms with Gasteiger partial charge in [-0.2, -0.15) is 0 Å². The zero-order valence-corrected chi connectivity index (χ0v) is 10.8. The fourth-order valence-corrected chi connectivity index (χ4v) is 2.26. The Morgan fingerprint density at radius 2 is 1.61 bits per heavy atom. The van der Waals surface area contributed by atoms with Crippen molar-refractivity contribution in [2.75, 3.05) is 0 Å². The first-order valence-corrected chi connectivity index (χ1v) is 6.16. The molecule has 2 aromatic carbocycles. The van der Waals surface area contributed by atoms with Crippen molar-refractivity contribution in [2.24, 2.45) is 0 Å². The maximum Gasteiger partial charge on any atom is 0.0273 e. The van der Waals surface area contributed by atoms with E-state index in [4.69, 9.17) is 0 Å². The molecule has 2 rings (SSSR count). The number of allylic oxidation sites excluding steroid dienone is 2. The lowest BCUT2D eigenvalue weighted by atomic mass is 9.86. The van der Waals surface area contributed by atoms with Crippen LogP contribution in [-0.4, -0.2) is 0 Å². The highest BCUT2D eigenvalue weighted by Crippen LogP contribution is 2.30. The standard InChI is InChI=1S/C18H18/c1-4-16(15-10-6-5-7-11-15)18-13-9-8-12-17(18)14(2)3/h4-13,16H,1-2H2,3H3. The first kappa shape index (κ1) is 12.4. The second-order valence-electron chi connectivity index (χ2n) is 4.49. The van der Waals surface area contributed by atoms with Crippen LogP contribution in [0.4, 0.5) is 0 Å². The average molecular weight is 234 g/mol. The summed E-state index contributed by atoms with van der Waals surface area (Å²) in [5.74, 6) is 0.221. The number of benzene rings is 2. The summed E-state index contributed by atoms with van der Waals surface area (Å²) < 4.78 is 0. The van der Waals surface area contributed by atoms with Crippen LogP contribution in [0.5, 0.6) is 0 Å². The minimum Gasteiger partial charge on any atom is -0.102 e. The highest BCUT2D eigenvalue weighted by molar-refractivity contribution is 5.66. The predicted molar refractivity (Wildman–Crippen MR) is 79.6 cm³/mol. The van der Waals surface area contributed by atoms with Crippen LogP contribution in [0.25, 0.3) is 5.57 Å². The van der Waals surface area contributed by atoms with Gasteiger partial charge in [0.1, 0.15) is 0 Å². The summed E-state index contributed by atoms with van der Waals surface area (Å²) in [5, 5.41) is 0. The molecule has 0 amide bonds. The van der Waals surface area contributed by atoms with Gasteiger partial charge in [0.2, 0.25) is 0 Å². The Morgan fingerprint density at radius 3 is 2.22 bits per heavy atom. The summed E-state index contributed by atoms with van der Waals surface area (Å²) in [6.07, 6.45) is 2.00. The molecule has 0 heterocycles. The van der Waals surface area contributed by atoms with Gasteiger partial charge in [0, 0.05) is 5.92 Å². The SMILES string of the molecule is C=CC(c1ccccc1)c1ccccc1C(=C)C. The van der Waals surface area contributed by atoms with Crippen molar-refractivity contribution in [3.05, 3.63) is 90.5 Å². The van der Waals surface area contributed by atoms with Gasteiger partial charge in [0.15, 0.2) is 0 Å². The molecule has 90 valence electrons. The normalized spacial score (nSPS) is 11.8. The molecular weight excluding hydrogens is 216 g/mol. The van der Waals surface area contributed by atoms with Crippen molar-refractivity contribution in [2.45, 2.75) is 12.8 Å². The van der Waals surface area contributed by atoms with Crippen molar-refractivity contribution in [1.29, 1.82) is 0 Å². The summed E-state index contributed by atoms with van der Waals surface area (Å²) in [4.78, 5) is 0. The van der Waals surface area contributed by atoms with E-state index in [9.17, 15) is 0 Å². The molecule has 0 bridgehead atoms. The van der Waals surface area contributed by atoms with Gasteiger partial charge in [-0.25, -0.2) is 0 Å². The van der Waals surface area contributed by atoms with Crippen molar-refractivity contribution in [3.8, 4) is 0 Å². The molecule has 1 atom stereocenters. The highest BCUT2D eigenvalue weighted by Gasteiger charge is 2.13. The zero-order chi connectivity index (χ0) is 13.0.